The van der Waals surface area contributed by atoms with Gasteiger partial charge in [-0.1, -0.05) is 29.3 Å². The number of nitrogens with zero attached hydrogens (tertiary/aromatic N) is 3. The van der Waals surface area contributed by atoms with Crippen LogP contribution in [0.2, 0.25) is 10.0 Å². The maximum atomic E-state index is 11.4. The Kier molecular flexibility index (Phi) is 8.12. The molecule has 1 aromatic heterocycles. The minimum atomic E-state index is -0.245. The molecule has 1 aliphatic heterocycles. The number of halogens is 2. The fraction of sp³-hybridized carbons (Fsp3) is 0.350. The van der Waals surface area contributed by atoms with Crippen LogP contribution in [0.5, 0.6) is 5.75 Å². The van der Waals surface area contributed by atoms with Gasteiger partial charge in [0.05, 0.1) is 39.9 Å². The Hall–Kier alpha value is -1.91. The number of thiocarbonyl (C=S) groups is 1. The zero-order valence-electron chi connectivity index (χ0n) is 17.0. The molecule has 1 aromatic carbocycles. The maximum Gasteiger partial charge on any atom is 0.319 e. The number of hydrogen-bond donors (Lipinski definition) is 2. The van der Waals surface area contributed by atoms with E-state index in [4.69, 9.17) is 40.2 Å². The Balaban J connectivity index is 1.61. The number of nitrogens with one attached hydrogen (secondary N) is 1. The average molecular weight is 501 g/mol. The van der Waals surface area contributed by atoms with Crippen LogP contribution >= 0.6 is 46.8 Å². The summed E-state index contributed by atoms with van der Waals surface area (Å²) in [5.41, 5.74) is 4.90. The predicted molar refractivity (Wildman–Crippen MR) is 129 cm³/mol. The summed E-state index contributed by atoms with van der Waals surface area (Å²) >= 11 is 18.9. The van der Waals surface area contributed by atoms with E-state index in [9.17, 15) is 9.90 Å². The first kappa shape index (κ1) is 23.7. The predicted octanol–water partition coefficient (Wildman–Crippen LogP) is 3.82. The van der Waals surface area contributed by atoms with Crippen LogP contribution in [0.25, 0.3) is 10.4 Å². The first-order chi connectivity index (χ1) is 14.8. The van der Waals surface area contributed by atoms with Crippen molar-refractivity contribution in [3.05, 3.63) is 39.2 Å². The third kappa shape index (κ3) is 5.87. The van der Waals surface area contributed by atoms with E-state index in [1.54, 1.807) is 19.1 Å². The normalized spacial score (nSPS) is 15.1. The standard InChI is InChI=1S/C20H22Cl2N4O3S2/c1-12(14-11-31-19(18(14)28)13-3-4-15(21)16(22)9-13)23-24-20(30)26-7-5-25(6-8-26)10-17(27)29-2/h3-4,9,11,28H,5-8,10H2,1-2H3,(H,24,30)/b23-12-. The monoisotopic (exact) mass is 500 g/mol. The molecule has 0 atom stereocenters. The molecule has 31 heavy (non-hydrogen) atoms. The molecule has 3 rings (SSSR count). The first-order valence-electron chi connectivity index (χ1n) is 9.44. The fourth-order valence-electron chi connectivity index (χ4n) is 3.07. The van der Waals surface area contributed by atoms with E-state index in [-0.39, 0.29) is 18.3 Å². The lowest BCUT2D eigenvalue weighted by Gasteiger charge is -2.35. The lowest BCUT2D eigenvalue weighted by Crippen LogP contribution is -2.52. The molecule has 1 saturated heterocycles. The number of methoxy groups -OCH3 is 1. The number of carbonyl (C=O) groups is 1. The third-order valence-corrected chi connectivity index (χ3v) is 7.00. The molecule has 0 bridgehead atoms. The van der Waals surface area contributed by atoms with Gasteiger partial charge in [-0.05, 0) is 36.8 Å². The van der Waals surface area contributed by atoms with Crippen molar-refractivity contribution in [2.24, 2.45) is 5.10 Å². The fourth-order valence-corrected chi connectivity index (χ4v) is 4.60. The van der Waals surface area contributed by atoms with Crippen LogP contribution in [0, 0.1) is 0 Å². The van der Waals surface area contributed by atoms with Gasteiger partial charge in [-0.2, -0.15) is 5.10 Å². The highest BCUT2D eigenvalue weighted by atomic mass is 35.5. The molecule has 0 aliphatic carbocycles. The van der Waals surface area contributed by atoms with E-state index in [2.05, 4.69) is 10.5 Å². The van der Waals surface area contributed by atoms with E-state index < -0.39 is 0 Å². The smallest absolute Gasteiger partial charge is 0.319 e. The van der Waals surface area contributed by atoms with Gasteiger partial charge >= 0.3 is 5.97 Å². The lowest BCUT2D eigenvalue weighted by molar-refractivity contribution is -0.142. The maximum absolute atomic E-state index is 11.4. The molecule has 1 fully saturated rings. The van der Waals surface area contributed by atoms with Crippen molar-refractivity contribution >= 4 is 63.5 Å². The number of benzene rings is 1. The number of piperazine rings is 1. The minimum Gasteiger partial charge on any atom is -0.506 e. The molecule has 2 heterocycles. The second-order valence-electron chi connectivity index (χ2n) is 6.91. The van der Waals surface area contributed by atoms with Crippen LogP contribution in [-0.2, 0) is 9.53 Å². The summed E-state index contributed by atoms with van der Waals surface area (Å²) in [6.07, 6.45) is 0. The highest BCUT2D eigenvalue weighted by Gasteiger charge is 2.21. The average Bonchev–Trinajstić information content (AvgIpc) is 3.15. The van der Waals surface area contributed by atoms with Crippen molar-refractivity contribution in [2.45, 2.75) is 6.92 Å². The Morgan fingerprint density at radius 3 is 2.65 bits per heavy atom. The molecule has 2 N–H and O–H groups in total. The Morgan fingerprint density at radius 1 is 1.29 bits per heavy atom. The first-order valence-corrected chi connectivity index (χ1v) is 11.5. The number of hydrogen-bond acceptors (Lipinski definition) is 7. The van der Waals surface area contributed by atoms with E-state index in [1.807, 2.05) is 21.2 Å². The molecule has 0 unspecified atom stereocenters. The summed E-state index contributed by atoms with van der Waals surface area (Å²) in [7, 11) is 1.39. The van der Waals surface area contributed by atoms with Crippen LogP contribution in [0.4, 0.5) is 0 Å². The number of carbonyl (C=O) groups excluding carboxylic acids is 1. The molecule has 11 heteroatoms. The van der Waals surface area contributed by atoms with Crippen molar-refractivity contribution in [3.63, 3.8) is 0 Å². The van der Waals surface area contributed by atoms with Gasteiger partial charge in [-0.25, -0.2) is 0 Å². The van der Waals surface area contributed by atoms with Gasteiger partial charge in [0.1, 0.15) is 5.75 Å². The molecule has 0 radical (unpaired) electrons. The van der Waals surface area contributed by atoms with Crippen molar-refractivity contribution in [2.75, 3.05) is 39.8 Å². The van der Waals surface area contributed by atoms with Crippen molar-refractivity contribution in [1.29, 1.82) is 0 Å². The molecule has 2 aromatic rings. The molecule has 7 nitrogen and oxygen atoms in total. The molecule has 0 saturated carbocycles. The number of thiophene rings is 1. The molecule has 0 spiro atoms. The molecular weight excluding hydrogens is 479 g/mol. The summed E-state index contributed by atoms with van der Waals surface area (Å²) < 4.78 is 4.70. The van der Waals surface area contributed by atoms with Crippen LogP contribution in [0.3, 0.4) is 0 Å². The van der Waals surface area contributed by atoms with E-state index in [0.717, 1.165) is 5.56 Å². The molecule has 0 amide bonds. The summed E-state index contributed by atoms with van der Waals surface area (Å²) in [6.45, 7) is 4.85. The van der Waals surface area contributed by atoms with Crippen molar-refractivity contribution < 1.29 is 14.6 Å². The Bertz CT molecular complexity index is 1000. The molecule has 166 valence electrons. The highest BCUT2D eigenvalue weighted by molar-refractivity contribution is 7.80. The quantitative estimate of drug-likeness (QED) is 0.279. The summed E-state index contributed by atoms with van der Waals surface area (Å²) in [6, 6.07) is 5.23. The van der Waals surface area contributed by atoms with Crippen molar-refractivity contribution in [3.8, 4) is 16.2 Å². The topological polar surface area (TPSA) is 77.4 Å². The highest BCUT2D eigenvalue weighted by Crippen LogP contribution is 2.40. The molecule has 1 aliphatic rings. The second kappa shape index (κ2) is 10.6. The van der Waals surface area contributed by atoms with Crippen LogP contribution in [-0.4, -0.2) is 71.5 Å². The van der Waals surface area contributed by atoms with E-state index in [1.165, 1.54) is 18.4 Å². The largest absolute Gasteiger partial charge is 0.506 e. The van der Waals surface area contributed by atoms with Crippen LogP contribution < -0.4 is 5.43 Å². The number of esters is 1. The third-order valence-electron chi connectivity index (χ3n) is 4.90. The van der Waals surface area contributed by atoms with Gasteiger partial charge in [-0.3, -0.25) is 15.1 Å². The zero-order valence-corrected chi connectivity index (χ0v) is 20.2. The van der Waals surface area contributed by atoms with E-state index >= 15 is 0 Å². The Morgan fingerprint density at radius 2 is 2.00 bits per heavy atom. The van der Waals surface area contributed by atoms with Crippen LogP contribution in [0.1, 0.15) is 12.5 Å². The molecular formula is C20H22Cl2N4O3S2. The number of rotatable bonds is 5. The summed E-state index contributed by atoms with van der Waals surface area (Å²) in [5, 5.41) is 18.3. The second-order valence-corrected chi connectivity index (χ2v) is 8.99. The van der Waals surface area contributed by atoms with Gasteiger partial charge in [0.15, 0.2) is 5.11 Å². The summed E-state index contributed by atoms with van der Waals surface area (Å²) in [5.74, 6) is -0.112. The van der Waals surface area contributed by atoms with Gasteiger partial charge in [0, 0.05) is 31.6 Å². The Labute approximate surface area is 200 Å². The van der Waals surface area contributed by atoms with Crippen LogP contribution in [0.15, 0.2) is 28.7 Å². The lowest BCUT2D eigenvalue weighted by atomic mass is 10.1. The van der Waals surface area contributed by atoms with Crippen molar-refractivity contribution in [1.82, 2.24) is 15.2 Å². The van der Waals surface area contributed by atoms with Gasteiger partial charge in [0.2, 0.25) is 0 Å². The van der Waals surface area contributed by atoms with E-state index in [0.29, 0.717) is 57.5 Å². The number of aromatic hydroxyl groups is 1. The summed E-state index contributed by atoms with van der Waals surface area (Å²) in [4.78, 5) is 16.1. The number of hydrazone groups is 1. The minimum absolute atomic E-state index is 0.133. The van der Waals surface area contributed by atoms with Gasteiger partial charge < -0.3 is 14.7 Å². The number of ether oxygens (including phenoxy) is 1. The van der Waals surface area contributed by atoms with Gasteiger partial charge in [0.25, 0.3) is 0 Å². The SMILES string of the molecule is COC(=O)CN1CCN(C(=S)N/N=C(/C)c2csc(-c3ccc(Cl)c(Cl)c3)c2O)CC1. The van der Waals surface area contributed by atoms with Gasteiger partial charge in [-0.15, -0.1) is 11.3 Å². The zero-order chi connectivity index (χ0) is 22.5.